The number of nitrogens with zero attached hydrogens (tertiary/aromatic N) is 3. The Bertz CT molecular complexity index is 1430. The van der Waals surface area contributed by atoms with Gasteiger partial charge in [0.1, 0.15) is 25.9 Å². The van der Waals surface area contributed by atoms with E-state index in [1.165, 1.54) is 12.1 Å². The minimum absolute atomic E-state index is 0. The van der Waals surface area contributed by atoms with E-state index in [1.54, 1.807) is 0 Å². The third-order valence-corrected chi connectivity index (χ3v) is 5.59. The maximum atomic E-state index is 11.5. The molecule has 12 nitrogen and oxygen atoms in total. The van der Waals surface area contributed by atoms with Gasteiger partial charge >= 0.3 is 59.1 Å². The maximum absolute atomic E-state index is 11.5. The number of nitro benzene ring substituents is 1. The number of nitro groups is 1. The summed E-state index contributed by atoms with van der Waals surface area (Å²) in [4.78, 5) is 8.27. The summed E-state index contributed by atoms with van der Waals surface area (Å²) in [5.41, 5.74) is -0.592. The Labute approximate surface area is 225 Å². The van der Waals surface area contributed by atoms with Gasteiger partial charge in [0, 0.05) is 17.5 Å². The van der Waals surface area contributed by atoms with Gasteiger partial charge in [0.2, 0.25) is 0 Å². The van der Waals surface area contributed by atoms with Crippen LogP contribution >= 0.6 is 0 Å². The molecule has 0 aliphatic heterocycles. The van der Waals surface area contributed by atoms with E-state index < -0.39 is 46.4 Å². The van der Waals surface area contributed by atoms with Crippen molar-refractivity contribution in [3.8, 4) is 5.75 Å². The van der Waals surface area contributed by atoms with Crippen LogP contribution in [0.15, 0.2) is 68.6 Å². The predicted molar refractivity (Wildman–Crippen MR) is 98.8 cm³/mol. The predicted octanol–water partition coefficient (Wildman–Crippen LogP) is -3.31. The largest absolute Gasteiger partial charge is 1.00 e. The zero-order valence-electron chi connectivity index (χ0n) is 16.5. The van der Waals surface area contributed by atoms with Crippen LogP contribution in [0.1, 0.15) is 0 Å². The minimum atomic E-state index is -5.20. The molecule has 0 spiro atoms. The van der Waals surface area contributed by atoms with Gasteiger partial charge in [0.25, 0.3) is 5.69 Å². The Hall–Kier alpha value is -1.46. The number of benzene rings is 3. The van der Waals surface area contributed by atoms with Crippen molar-refractivity contribution in [2.75, 3.05) is 0 Å². The summed E-state index contributed by atoms with van der Waals surface area (Å²) in [6.45, 7) is 0. The van der Waals surface area contributed by atoms with Gasteiger partial charge in [-0.1, -0.05) is 6.07 Å². The van der Waals surface area contributed by atoms with Crippen LogP contribution in [0.4, 0.5) is 17.1 Å². The fourth-order valence-corrected chi connectivity index (χ4v) is 3.64. The molecule has 0 aliphatic rings. The van der Waals surface area contributed by atoms with Crippen molar-refractivity contribution in [3.63, 3.8) is 0 Å². The average molecular weight is 497 g/mol. The Kier molecular flexibility index (Phi) is 9.51. The molecule has 3 rings (SSSR count). The molecular weight excluding hydrogens is 488 g/mol. The third-order valence-electron chi connectivity index (χ3n) is 3.91. The molecule has 3 aromatic carbocycles. The van der Waals surface area contributed by atoms with E-state index >= 15 is 0 Å². The summed E-state index contributed by atoms with van der Waals surface area (Å²) in [7, 11) is -10.1. The third kappa shape index (κ3) is 6.32. The van der Waals surface area contributed by atoms with Gasteiger partial charge in [-0.05, 0) is 35.7 Å². The number of hydrogen-bond donors (Lipinski definition) is 1. The Morgan fingerprint density at radius 2 is 1.44 bits per heavy atom. The number of rotatable bonds is 5. The quantitative estimate of drug-likeness (QED) is 0.123. The summed E-state index contributed by atoms with van der Waals surface area (Å²) in [5, 5.41) is 28.2. The Morgan fingerprint density at radius 3 is 1.94 bits per heavy atom. The molecule has 0 amide bonds. The molecule has 0 aliphatic carbocycles. The molecule has 0 saturated carbocycles. The second-order valence-electron chi connectivity index (χ2n) is 5.84. The van der Waals surface area contributed by atoms with E-state index in [-0.39, 0.29) is 81.3 Å². The van der Waals surface area contributed by atoms with E-state index in [9.17, 15) is 41.2 Å². The maximum Gasteiger partial charge on any atom is 1.00 e. The second kappa shape index (κ2) is 10.6. The topological polar surface area (TPSA) is 202 Å². The van der Waals surface area contributed by atoms with Crippen molar-refractivity contribution in [2.24, 2.45) is 10.2 Å². The summed E-state index contributed by atoms with van der Waals surface area (Å²) in [6, 6.07) is 8.29. The number of hydrogen-bond acceptors (Lipinski definition) is 11. The summed E-state index contributed by atoms with van der Waals surface area (Å²) in [5.74, 6) is -1.03. The molecule has 0 heterocycles. The molecule has 0 unspecified atom stereocenters. The van der Waals surface area contributed by atoms with Crippen molar-refractivity contribution < 1.29 is 95.1 Å². The molecule has 0 saturated heterocycles. The van der Waals surface area contributed by atoms with Crippen molar-refractivity contribution in [2.45, 2.75) is 9.79 Å². The van der Waals surface area contributed by atoms with Gasteiger partial charge in [-0.25, -0.2) is 16.8 Å². The Morgan fingerprint density at radius 1 is 0.844 bits per heavy atom. The fourth-order valence-electron chi connectivity index (χ4n) is 2.53. The SMILES string of the molecule is O=[N+]([O-])c1ccc(N=Nc2c(O)c(S(=O)(=O)[O-])cc3cc(S(=O)(=O)[O-])ccc23)cc1.[Na+].[Na+]. The number of aromatic hydroxyl groups is 1. The first-order chi connectivity index (χ1) is 13.9. The van der Waals surface area contributed by atoms with Crippen molar-refractivity contribution >= 4 is 48.1 Å². The molecule has 156 valence electrons. The van der Waals surface area contributed by atoms with E-state index in [4.69, 9.17) is 0 Å². The standard InChI is InChI=1S/C16H11N3O9S2.2Na/c20-16-14(30(26,27)28)8-9-7-12(29(23,24)25)5-6-13(9)15(16)18-17-10-1-3-11(4-2-10)19(21)22;;/h1-8,20H,(H,23,24,25)(H,26,27,28);;/q;2*+1/p-2. The van der Waals surface area contributed by atoms with Gasteiger partial charge in [-0.3, -0.25) is 10.1 Å². The van der Waals surface area contributed by atoms with Crippen LogP contribution in [-0.2, 0) is 20.2 Å². The molecule has 0 bridgehead atoms. The molecule has 32 heavy (non-hydrogen) atoms. The molecular formula is C16H9N3Na2O9S2. The van der Waals surface area contributed by atoms with E-state index in [2.05, 4.69) is 10.2 Å². The number of phenolic OH excluding ortho intramolecular Hbond substituents is 1. The normalized spacial score (nSPS) is 11.7. The van der Waals surface area contributed by atoms with Gasteiger partial charge in [-0.15, -0.1) is 5.11 Å². The Balaban J connectivity index is 0.00000256. The molecule has 0 radical (unpaired) electrons. The monoisotopic (exact) mass is 497 g/mol. The average Bonchev–Trinajstić information content (AvgIpc) is 2.65. The first-order valence-corrected chi connectivity index (χ1v) is 10.6. The van der Waals surface area contributed by atoms with E-state index in [1.807, 2.05) is 0 Å². The van der Waals surface area contributed by atoms with Crippen molar-refractivity contribution in [1.82, 2.24) is 0 Å². The summed E-state index contributed by atoms with van der Waals surface area (Å²) >= 11 is 0. The van der Waals surface area contributed by atoms with Crippen LogP contribution in [0.3, 0.4) is 0 Å². The van der Waals surface area contributed by atoms with E-state index in [0.717, 1.165) is 30.3 Å². The van der Waals surface area contributed by atoms with E-state index in [0.29, 0.717) is 6.07 Å². The van der Waals surface area contributed by atoms with Gasteiger partial charge in [0.15, 0.2) is 5.75 Å². The van der Waals surface area contributed by atoms with Crippen molar-refractivity contribution in [3.05, 3.63) is 58.6 Å². The van der Waals surface area contributed by atoms with Crippen LogP contribution in [-0.4, -0.2) is 36.0 Å². The number of phenols is 1. The number of non-ortho nitro benzene ring substituents is 1. The summed E-state index contributed by atoms with van der Waals surface area (Å²) in [6.07, 6.45) is 0. The number of fused-ring (bicyclic) bond motifs is 1. The molecule has 1 N–H and O–H groups in total. The number of azo groups is 1. The van der Waals surface area contributed by atoms with Crippen LogP contribution in [0.2, 0.25) is 0 Å². The van der Waals surface area contributed by atoms with Crippen LogP contribution in [0, 0.1) is 10.1 Å². The first kappa shape index (κ1) is 28.6. The second-order valence-corrected chi connectivity index (χ2v) is 8.56. The van der Waals surface area contributed by atoms with Crippen LogP contribution in [0.25, 0.3) is 10.8 Å². The molecule has 0 atom stereocenters. The summed E-state index contributed by atoms with van der Waals surface area (Å²) < 4.78 is 68.1. The fraction of sp³-hybridized carbons (Fsp3) is 0. The van der Waals surface area contributed by atoms with Crippen molar-refractivity contribution in [1.29, 1.82) is 0 Å². The van der Waals surface area contributed by atoms with Crippen LogP contribution in [0.5, 0.6) is 5.75 Å². The van der Waals surface area contributed by atoms with Gasteiger partial charge in [0.05, 0.1) is 20.4 Å². The molecule has 16 heteroatoms. The zero-order valence-corrected chi connectivity index (χ0v) is 22.1. The van der Waals surface area contributed by atoms with Crippen LogP contribution < -0.4 is 59.1 Å². The first-order valence-electron chi connectivity index (χ1n) is 7.75. The molecule has 0 aromatic heterocycles. The smallest absolute Gasteiger partial charge is 0.744 e. The minimum Gasteiger partial charge on any atom is -0.744 e. The molecule has 0 fully saturated rings. The van der Waals surface area contributed by atoms with Gasteiger partial charge < -0.3 is 14.2 Å². The van der Waals surface area contributed by atoms with Gasteiger partial charge in [-0.2, -0.15) is 5.11 Å². The molecule has 3 aromatic rings. The zero-order chi connectivity index (χ0) is 22.3.